The molecule has 5 heteroatoms. The number of benzene rings is 7. The van der Waals surface area contributed by atoms with E-state index in [0.717, 1.165) is 44.7 Å². The molecule has 0 aliphatic carbocycles. The summed E-state index contributed by atoms with van der Waals surface area (Å²) in [5.74, 6) is 0. The van der Waals surface area contributed by atoms with Crippen LogP contribution in [0.1, 0.15) is 152 Å². The molecule has 0 saturated carbocycles. The molecule has 0 atom stereocenters. The first-order chi connectivity index (χ1) is 33.0. The van der Waals surface area contributed by atoms with E-state index in [4.69, 9.17) is 4.42 Å². The molecule has 8 aromatic rings. The molecule has 0 radical (unpaired) electrons. The molecule has 0 saturated heterocycles. The number of fused-ring (bicyclic) bond motifs is 7. The largest absolute Gasteiger partial charge is 0.454 e. The standard InChI is InChI=1S/C66H76BN3O/c1-61(2,3)41-23-29-46(30-24-41)68(47-31-25-42(26-32-47)62(4,5)6)53-35-36-54(60-58(53)48-21-19-20-22-57(48)71-60)69-51-33-27-43(63(7,8)9)37-49(51)67-50-38-44(64(10,11)12)28-34-52(50)70(66(16,17)18)56-40-45(65(13,14)15)39-55(69)59(56)67/h19-40H,1-18H3. The predicted octanol–water partition coefficient (Wildman–Crippen LogP) is 17.1. The highest BCUT2D eigenvalue weighted by Gasteiger charge is 2.47. The van der Waals surface area contributed by atoms with Crippen LogP contribution in [-0.2, 0) is 27.1 Å². The van der Waals surface area contributed by atoms with Gasteiger partial charge in [-0.2, -0.15) is 0 Å². The molecule has 1 aromatic heterocycles. The van der Waals surface area contributed by atoms with E-state index in [1.807, 2.05) is 0 Å². The molecular formula is C66H76BN3O. The molecule has 0 N–H and O–H groups in total. The minimum absolute atomic E-state index is 0.00605. The van der Waals surface area contributed by atoms with Crippen LogP contribution in [-0.4, -0.2) is 12.3 Å². The van der Waals surface area contributed by atoms with E-state index in [1.165, 1.54) is 67.0 Å². The van der Waals surface area contributed by atoms with Gasteiger partial charge in [-0.25, -0.2) is 0 Å². The van der Waals surface area contributed by atoms with Crippen LogP contribution in [0, 0.1) is 0 Å². The fourth-order valence-electron chi connectivity index (χ4n) is 11.2. The average Bonchev–Trinajstić information content (AvgIpc) is 3.67. The number of para-hydroxylation sites is 1. The Kier molecular flexibility index (Phi) is 11.0. The third-order valence-corrected chi connectivity index (χ3v) is 15.3. The van der Waals surface area contributed by atoms with Crippen LogP contribution in [0.15, 0.2) is 138 Å². The third kappa shape index (κ3) is 8.26. The van der Waals surface area contributed by atoms with E-state index in [0.29, 0.717) is 0 Å². The predicted molar refractivity (Wildman–Crippen MR) is 310 cm³/mol. The molecule has 0 amide bonds. The van der Waals surface area contributed by atoms with Gasteiger partial charge in [-0.15, -0.1) is 0 Å². The summed E-state index contributed by atoms with van der Waals surface area (Å²) >= 11 is 0. The Morgan fingerprint density at radius 1 is 0.408 bits per heavy atom. The van der Waals surface area contributed by atoms with E-state index < -0.39 is 0 Å². The topological polar surface area (TPSA) is 22.9 Å². The number of anilines is 8. The van der Waals surface area contributed by atoms with Gasteiger partial charge >= 0.3 is 0 Å². The lowest BCUT2D eigenvalue weighted by molar-refractivity contribution is 0.557. The van der Waals surface area contributed by atoms with Crippen molar-refractivity contribution in [1.82, 2.24) is 0 Å². The van der Waals surface area contributed by atoms with Crippen LogP contribution < -0.4 is 31.1 Å². The normalized spacial score (nSPS) is 14.3. The minimum Gasteiger partial charge on any atom is -0.454 e. The van der Waals surface area contributed by atoms with Gasteiger partial charge in [-0.1, -0.05) is 171 Å². The van der Waals surface area contributed by atoms with Crippen LogP contribution in [0.5, 0.6) is 0 Å². The minimum atomic E-state index is -0.223. The fraction of sp³-hybridized carbons (Fsp3) is 0.364. The molecule has 2 aliphatic rings. The van der Waals surface area contributed by atoms with Gasteiger partial charge in [-0.3, -0.25) is 0 Å². The Morgan fingerprint density at radius 3 is 1.37 bits per heavy atom. The fourth-order valence-corrected chi connectivity index (χ4v) is 11.2. The zero-order chi connectivity index (χ0) is 51.1. The van der Waals surface area contributed by atoms with E-state index in [-0.39, 0.29) is 39.3 Å². The van der Waals surface area contributed by atoms with Crippen molar-refractivity contribution in [1.29, 1.82) is 0 Å². The summed E-state index contributed by atoms with van der Waals surface area (Å²) in [5.41, 5.74) is 21.2. The van der Waals surface area contributed by atoms with E-state index >= 15 is 0 Å². The van der Waals surface area contributed by atoms with Crippen molar-refractivity contribution in [2.45, 2.75) is 157 Å². The first-order valence-corrected chi connectivity index (χ1v) is 26.0. The van der Waals surface area contributed by atoms with Gasteiger partial charge in [0.15, 0.2) is 5.58 Å². The zero-order valence-corrected chi connectivity index (χ0v) is 46.0. The van der Waals surface area contributed by atoms with Crippen molar-refractivity contribution in [3.8, 4) is 0 Å². The van der Waals surface area contributed by atoms with Crippen LogP contribution in [0.25, 0.3) is 21.9 Å². The van der Waals surface area contributed by atoms with Crippen molar-refractivity contribution in [3.63, 3.8) is 0 Å². The smallest absolute Gasteiger partial charge is 0.252 e. The molecule has 0 unspecified atom stereocenters. The summed E-state index contributed by atoms with van der Waals surface area (Å²) in [6, 6.07) is 51.4. The summed E-state index contributed by atoms with van der Waals surface area (Å²) < 4.78 is 7.34. The number of rotatable bonds is 4. The van der Waals surface area contributed by atoms with Crippen molar-refractivity contribution >= 4 is 90.5 Å². The molecule has 4 nitrogen and oxygen atoms in total. The monoisotopic (exact) mass is 938 g/mol. The Labute approximate surface area is 426 Å². The summed E-state index contributed by atoms with van der Waals surface area (Å²) in [6.07, 6.45) is 0. The molecule has 364 valence electrons. The lowest BCUT2D eigenvalue weighted by atomic mass is 9.33. The summed E-state index contributed by atoms with van der Waals surface area (Å²) in [4.78, 5) is 7.65. The Balaban J connectivity index is 1.31. The summed E-state index contributed by atoms with van der Waals surface area (Å²) in [6.45, 7) is 41.9. The van der Waals surface area contributed by atoms with Crippen molar-refractivity contribution in [2.75, 3.05) is 14.7 Å². The first kappa shape index (κ1) is 48.4. The molecule has 0 bridgehead atoms. The van der Waals surface area contributed by atoms with Crippen molar-refractivity contribution in [3.05, 3.63) is 161 Å². The van der Waals surface area contributed by atoms with E-state index in [2.05, 4.69) is 273 Å². The molecule has 71 heavy (non-hydrogen) atoms. The lowest BCUT2D eigenvalue weighted by Crippen LogP contribution is -2.64. The number of hydrogen-bond donors (Lipinski definition) is 0. The van der Waals surface area contributed by atoms with Gasteiger partial charge in [0.25, 0.3) is 6.71 Å². The number of nitrogens with zero attached hydrogens (tertiary/aromatic N) is 3. The van der Waals surface area contributed by atoms with Crippen LogP contribution >= 0.6 is 0 Å². The SMILES string of the molecule is CC(C)(C)c1ccc(N(c2ccc(C(C)(C)C)cc2)c2ccc(N3c4ccc(C(C)(C)C)cc4B4c5cc(C(C)(C)C)ccc5N(C(C)(C)C)c5cc(C(C)(C)C)cc3c54)c3oc4ccccc4c23)cc1. The molecular weight excluding hydrogens is 862 g/mol. The van der Waals surface area contributed by atoms with Gasteiger partial charge in [0.1, 0.15) is 5.58 Å². The van der Waals surface area contributed by atoms with Crippen molar-refractivity contribution < 1.29 is 4.42 Å². The van der Waals surface area contributed by atoms with Gasteiger partial charge in [0.05, 0.1) is 16.8 Å². The van der Waals surface area contributed by atoms with Gasteiger partial charge in [0.2, 0.25) is 0 Å². The van der Waals surface area contributed by atoms with Gasteiger partial charge in [-0.05, 0) is 159 Å². The highest BCUT2D eigenvalue weighted by Crippen LogP contribution is 2.52. The first-order valence-electron chi connectivity index (χ1n) is 26.0. The Bertz CT molecular complexity index is 3310. The molecule has 7 aromatic carbocycles. The highest BCUT2D eigenvalue weighted by atomic mass is 16.3. The number of furan rings is 1. The molecule has 3 heterocycles. The molecule has 0 spiro atoms. The third-order valence-electron chi connectivity index (χ3n) is 15.3. The highest BCUT2D eigenvalue weighted by molar-refractivity contribution is 7.00. The van der Waals surface area contributed by atoms with E-state index in [9.17, 15) is 0 Å². The average molecular weight is 938 g/mol. The Morgan fingerprint density at radius 2 is 0.859 bits per heavy atom. The maximum atomic E-state index is 7.34. The molecule has 0 fully saturated rings. The van der Waals surface area contributed by atoms with Gasteiger partial charge < -0.3 is 19.1 Å². The number of hydrogen-bond acceptors (Lipinski definition) is 4. The van der Waals surface area contributed by atoms with Crippen LogP contribution in [0.4, 0.5) is 45.5 Å². The molecule has 2 aliphatic heterocycles. The van der Waals surface area contributed by atoms with Crippen LogP contribution in [0.2, 0.25) is 0 Å². The summed E-state index contributed by atoms with van der Waals surface area (Å²) in [7, 11) is 0. The second-order valence-corrected chi connectivity index (χ2v) is 26.8. The van der Waals surface area contributed by atoms with E-state index in [1.54, 1.807) is 0 Å². The maximum Gasteiger partial charge on any atom is 0.252 e. The zero-order valence-electron chi connectivity index (χ0n) is 46.0. The second kappa shape index (κ2) is 16.2. The van der Waals surface area contributed by atoms with Gasteiger partial charge in [0, 0.05) is 45.0 Å². The quantitative estimate of drug-likeness (QED) is 0.164. The second-order valence-electron chi connectivity index (χ2n) is 26.8. The maximum absolute atomic E-state index is 7.34. The summed E-state index contributed by atoms with van der Waals surface area (Å²) in [5, 5.41) is 2.18. The van der Waals surface area contributed by atoms with Crippen LogP contribution in [0.3, 0.4) is 0 Å². The lowest BCUT2D eigenvalue weighted by Gasteiger charge is -2.49. The molecule has 10 rings (SSSR count). The van der Waals surface area contributed by atoms with Crippen molar-refractivity contribution in [2.24, 2.45) is 0 Å². The Hall–Kier alpha value is -6.20.